The maximum absolute atomic E-state index is 4.15. The molecule has 0 amide bonds. The highest BCUT2D eigenvalue weighted by Gasteiger charge is 1.89. The fraction of sp³-hybridized carbons (Fsp3) is 0.286. The number of aryl methyl sites for hydroxylation is 1. The third-order valence-corrected chi connectivity index (χ3v) is 1.21. The molecule has 0 aliphatic carbocycles. The Kier molecular flexibility index (Phi) is 1.68. The van der Waals surface area contributed by atoms with E-state index in [1.165, 1.54) is 0 Å². The number of hydrogen-bond donors (Lipinski definition) is 0. The van der Waals surface area contributed by atoms with Gasteiger partial charge in [-0.25, -0.2) is 4.68 Å². The molecular formula is C7H10N2. The number of hydrogen-bond acceptors (Lipinski definition) is 1. The van der Waals surface area contributed by atoms with Crippen LogP contribution in [0.3, 0.4) is 0 Å². The van der Waals surface area contributed by atoms with Crippen molar-refractivity contribution in [2.24, 2.45) is 0 Å². The van der Waals surface area contributed by atoms with Crippen molar-refractivity contribution in [2.45, 2.75) is 13.3 Å². The first kappa shape index (κ1) is 6.08. The normalized spacial score (nSPS) is 9.44. The maximum atomic E-state index is 4.15. The van der Waals surface area contributed by atoms with Crippen molar-refractivity contribution in [3.8, 4) is 0 Å². The van der Waals surface area contributed by atoms with E-state index in [1.54, 1.807) is 10.9 Å². The summed E-state index contributed by atoms with van der Waals surface area (Å²) in [6.07, 6.45) is 4.56. The van der Waals surface area contributed by atoms with E-state index in [0.29, 0.717) is 0 Å². The second-order valence-corrected chi connectivity index (χ2v) is 1.82. The second-order valence-electron chi connectivity index (χ2n) is 1.82. The van der Waals surface area contributed by atoms with Crippen molar-refractivity contribution in [3.05, 3.63) is 24.5 Å². The van der Waals surface area contributed by atoms with E-state index >= 15 is 0 Å². The highest BCUT2D eigenvalue weighted by Crippen LogP contribution is 1.94. The van der Waals surface area contributed by atoms with Gasteiger partial charge in [0.2, 0.25) is 0 Å². The average molecular weight is 122 g/mol. The van der Waals surface area contributed by atoms with Crippen LogP contribution < -0.4 is 0 Å². The van der Waals surface area contributed by atoms with E-state index in [9.17, 15) is 0 Å². The number of nitrogens with zero attached hydrogens (tertiary/aromatic N) is 2. The van der Waals surface area contributed by atoms with Crippen molar-refractivity contribution in [1.29, 1.82) is 0 Å². The quantitative estimate of drug-likeness (QED) is 0.582. The molecule has 0 spiro atoms. The summed E-state index contributed by atoms with van der Waals surface area (Å²) in [6, 6.07) is 1.99. The van der Waals surface area contributed by atoms with Gasteiger partial charge in [-0.1, -0.05) is 13.5 Å². The van der Waals surface area contributed by atoms with Crippen LogP contribution in [0.1, 0.15) is 12.6 Å². The minimum atomic E-state index is 0.987. The van der Waals surface area contributed by atoms with E-state index in [4.69, 9.17) is 0 Å². The predicted octanol–water partition coefficient (Wildman–Crippen LogP) is 1.55. The molecule has 1 aromatic heterocycles. The Hall–Kier alpha value is -1.05. The minimum Gasteiger partial charge on any atom is -0.249 e. The lowest BCUT2D eigenvalue weighted by molar-refractivity contribution is 0.883. The Bertz CT molecular complexity index is 200. The van der Waals surface area contributed by atoms with Gasteiger partial charge >= 0.3 is 0 Å². The van der Waals surface area contributed by atoms with Crippen LogP contribution in [0, 0.1) is 0 Å². The molecule has 0 saturated carbocycles. The number of aromatic nitrogens is 2. The van der Waals surface area contributed by atoms with Crippen LogP contribution in [0.25, 0.3) is 6.20 Å². The third-order valence-electron chi connectivity index (χ3n) is 1.21. The molecule has 0 saturated heterocycles. The van der Waals surface area contributed by atoms with Crippen molar-refractivity contribution < 1.29 is 0 Å². The summed E-state index contributed by atoms with van der Waals surface area (Å²) in [4.78, 5) is 0. The molecule has 1 aromatic rings. The first-order valence-electron chi connectivity index (χ1n) is 3.03. The van der Waals surface area contributed by atoms with E-state index in [2.05, 4.69) is 18.6 Å². The average Bonchev–Trinajstić information content (AvgIpc) is 2.34. The topological polar surface area (TPSA) is 17.8 Å². The van der Waals surface area contributed by atoms with E-state index in [0.717, 1.165) is 12.1 Å². The van der Waals surface area contributed by atoms with Gasteiger partial charge in [-0.2, -0.15) is 5.10 Å². The second kappa shape index (κ2) is 2.49. The molecule has 0 bridgehead atoms. The van der Waals surface area contributed by atoms with Crippen LogP contribution >= 0.6 is 0 Å². The Morgan fingerprint density at radius 2 is 2.67 bits per heavy atom. The van der Waals surface area contributed by atoms with Crippen LogP contribution in [0.5, 0.6) is 0 Å². The van der Waals surface area contributed by atoms with E-state index in [-0.39, 0.29) is 0 Å². The van der Waals surface area contributed by atoms with Crippen molar-refractivity contribution >= 4 is 6.20 Å². The van der Waals surface area contributed by atoms with Gasteiger partial charge in [-0.15, -0.1) is 0 Å². The van der Waals surface area contributed by atoms with Gasteiger partial charge < -0.3 is 0 Å². The smallest absolute Gasteiger partial charge is 0.0626 e. The summed E-state index contributed by atoms with van der Waals surface area (Å²) in [5.41, 5.74) is 1.11. The van der Waals surface area contributed by atoms with Gasteiger partial charge in [0.05, 0.1) is 5.69 Å². The Morgan fingerprint density at radius 3 is 3.00 bits per heavy atom. The zero-order chi connectivity index (χ0) is 6.69. The Balaban J connectivity index is 2.86. The molecule has 1 rings (SSSR count). The van der Waals surface area contributed by atoms with Gasteiger partial charge in [0.25, 0.3) is 0 Å². The van der Waals surface area contributed by atoms with Crippen LogP contribution in [0.4, 0.5) is 0 Å². The highest BCUT2D eigenvalue weighted by atomic mass is 15.3. The van der Waals surface area contributed by atoms with Crippen molar-refractivity contribution in [1.82, 2.24) is 9.78 Å². The van der Waals surface area contributed by atoms with Gasteiger partial charge in [0.15, 0.2) is 0 Å². The zero-order valence-electron chi connectivity index (χ0n) is 5.54. The fourth-order valence-electron chi connectivity index (χ4n) is 0.668. The van der Waals surface area contributed by atoms with Crippen LogP contribution in [0.15, 0.2) is 18.8 Å². The lowest BCUT2D eigenvalue weighted by Crippen LogP contribution is -1.86. The van der Waals surface area contributed by atoms with Gasteiger partial charge in [0, 0.05) is 12.4 Å². The Labute approximate surface area is 54.8 Å². The Morgan fingerprint density at radius 1 is 1.89 bits per heavy atom. The molecule has 0 radical (unpaired) electrons. The first-order chi connectivity index (χ1) is 4.36. The monoisotopic (exact) mass is 122 g/mol. The molecule has 0 fully saturated rings. The summed E-state index contributed by atoms with van der Waals surface area (Å²) in [6.45, 7) is 5.66. The zero-order valence-corrected chi connectivity index (χ0v) is 5.54. The van der Waals surface area contributed by atoms with Crippen LogP contribution in [-0.2, 0) is 6.42 Å². The van der Waals surface area contributed by atoms with Gasteiger partial charge in [-0.3, -0.25) is 0 Å². The largest absolute Gasteiger partial charge is 0.249 e. The van der Waals surface area contributed by atoms with Gasteiger partial charge in [-0.05, 0) is 12.5 Å². The van der Waals surface area contributed by atoms with Crippen molar-refractivity contribution in [2.75, 3.05) is 0 Å². The SMILES string of the molecule is C=Cn1ccc(CC)n1. The standard InChI is InChI=1S/C7H10N2/c1-3-7-5-6-9(4-2)8-7/h4-6H,2-3H2,1H3. The molecule has 9 heavy (non-hydrogen) atoms. The van der Waals surface area contributed by atoms with Crippen molar-refractivity contribution in [3.63, 3.8) is 0 Å². The molecule has 0 aromatic carbocycles. The van der Waals surface area contributed by atoms with Crippen LogP contribution in [0.2, 0.25) is 0 Å². The van der Waals surface area contributed by atoms with E-state index in [1.807, 2.05) is 12.3 Å². The molecule has 2 heteroatoms. The summed E-state index contributed by atoms with van der Waals surface area (Å²) in [5, 5.41) is 4.15. The lowest BCUT2D eigenvalue weighted by Gasteiger charge is -1.85. The van der Waals surface area contributed by atoms with Gasteiger partial charge in [0.1, 0.15) is 0 Å². The molecule has 0 aliphatic heterocycles. The summed E-state index contributed by atoms with van der Waals surface area (Å²) in [7, 11) is 0. The summed E-state index contributed by atoms with van der Waals surface area (Å²) >= 11 is 0. The lowest BCUT2D eigenvalue weighted by atomic mass is 10.4. The highest BCUT2D eigenvalue weighted by molar-refractivity contribution is 5.15. The molecule has 0 unspecified atom stereocenters. The third kappa shape index (κ3) is 1.19. The molecule has 1 heterocycles. The summed E-state index contributed by atoms with van der Waals surface area (Å²) < 4.78 is 1.71. The molecule has 0 N–H and O–H groups in total. The number of rotatable bonds is 2. The predicted molar refractivity (Wildman–Crippen MR) is 38.0 cm³/mol. The molecule has 48 valence electrons. The summed E-state index contributed by atoms with van der Waals surface area (Å²) in [5.74, 6) is 0. The molecule has 2 nitrogen and oxygen atoms in total. The first-order valence-corrected chi connectivity index (χ1v) is 3.03. The maximum Gasteiger partial charge on any atom is 0.0626 e. The molecule has 0 aliphatic rings. The fourth-order valence-corrected chi connectivity index (χ4v) is 0.668. The minimum absolute atomic E-state index is 0.987. The molecular weight excluding hydrogens is 112 g/mol. The van der Waals surface area contributed by atoms with E-state index < -0.39 is 0 Å². The molecule has 0 atom stereocenters. The van der Waals surface area contributed by atoms with Crippen LogP contribution in [-0.4, -0.2) is 9.78 Å².